The molecule has 1 nitrogen and oxygen atoms in total. The Kier molecular flexibility index (Phi) is 3.66. The molecule has 3 rings (SSSR count). The van der Waals surface area contributed by atoms with Crippen molar-refractivity contribution in [2.45, 2.75) is 32.6 Å². The number of hydrogen-bond acceptors (Lipinski definition) is 1. The maximum Gasteiger partial charge on any atom is 0.115 e. The average molecular weight is 290 g/mol. The topological polar surface area (TPSA) is 20.2 Å². The van der Waals surface area contributed by atoms with Crippen LogP contribution in [0.5, 0.6) is 0 Å². The Bertz CT molecular complexity index is 767. The first-order chi connectivity index (χ1) is 10.5. The summed E-state index contributed by atoms with van der Waals surface area (Å²) in [5.41, 5.74) is 8.50. The molecule has 1 atom stereocenters. The van der Waals surface area contributed by atoms with Crippen molar-refractivity contribution in [1.29, 1.82) is 0 Å². The fourth-order valence-electron chi connectivity index (χ4n) is 3.51. The molecule has 112 valence electrons. The third kappa shape index (κ3) is 2.48. The summed E-state index contributed by atoms with van der Waals surface area (Å²) in [6.07, 6.45) is 2.07. The van der Waals surface area contributed by atoms with Gasteiger partial charge in [-0.2, -0.15) is 0 Å². The predicted molar refractivity (Wildman–Crippen MR) is 94.1 cm³/mol. The molecule has 1 unspecified atom stereocenters. The fourth-order valence-corrected chi connectivity index (χ4v) is 3.51. The summed E-state index contributed by atoms with van der Waals surface area (Å²) in [5.74, 6) is 0.515. The van der Waals surface area contributed by atoms with Crippen LogP contribution >= 0.6 is 0 Å². The second kappa shape index (κ2) is 5.49. The van der Waals surface area contributed by atoms with E-state index in [9.17, 15) is 5.11 Å². The van der Waals surface area contributed by atoms with E-state index in [2.05, 4.69) is 51.3 Å². The van der Waals surface area contributed by atoms with Gasteiger partial charge in [0.2, 0.25) is 0 Å². The van der Waals surface area contributed by atoms with Gasteiger partial charge in [0.1, 0.15) is 5.76 Å². The van der Waals surface area contributed by atoms with Crippen molar-refractivity contribution in [3.8, 4) is 0 Å². The Morgan fingerprint density at radius 3 is 2.59 bits per heavy atom. The van der Waals surface area contributed by atoms with Crippen molar-refractivity contribution in [3.05, 3.63) is 82.9 Å². The summed E-state index contributed by atoms with van der Waals surface area (Å²) >= 11 is 0. The Morgan fingerprint density at radius 1 is 1.14 bits per heavy atom. The van der Waals surface area contributed by atoms with E-state index in [1.807, 2.05) is 12.1 Å². The van der Waals surface area contributed by atoms with Gasteiger partial charge >= 0.3 is 0 Å². The Morgan fingerprint density at radius 2 is 1.91 bits per heavy atom. The van der Waals surface area contributed by atoms with Crippen LogP contribution in [0, 0.1) is 13.8 Å². The molecule has 0 aromatic heterocycles. The lowest BCUT2D eigenvalue weighted by atomic mass is 9.75. The van der Waals surface area contributed by atoms with Crippen LogP contribution in [0.3, 0.4) is 0 Å². The first kappa shape index (κ1) is 14.6. The number of benzene rings is 2. The number of allylic oxidation sites excluding steroid dienone is 1. The second-order valence-electron chi connectivity index (χ2n) is 6.30. The van der Waals surface area contributed by atoms with Crippen molar-refractivity contribution in [3.63, 3.8) is 0 Å². The van der Waals surface area contributed by atoms with Crippen LogP contribution in [0.25, 0.3) is 11.3 Å². The summed E-state index contributed by atoms with van der Waals surface area (Å²) in [6.45, 7) is 12.3. The summed E-state index contributed by atoms with van der Waals surface area (Å²) < 4.78 is 0. The maximum absolute atomic E-state index is 9.57. The van der Waals surface area contributed by atoms with Crippen molar-refractivity contribution in [1.82, 2.24) is 0 Å². The van der Waals surface area contributed by atoms with E-state index in [-0.39, 0.29) is 5.76 Å². The number of aliphatic hydroxyl groups is 1. The predicted octanol–water partition coefficient (Wildman–Crippen LogP) is 5.58. The molecule has 0 saturated carbocycles. The lowest BCUT2D eigenvalue weighted by Crippen LogP contribution is -2.12. The molecule has 0 aliphatic heterocycles. The minimum Gasteiger partial charge on any atom is -0.508 e. The highest BCUT2D eigenvalue weighted by molar-refractivity contribution is 5.76. The van der Waals surface area contributed by atoms with Gasteiger partial charge in [0.15, 0.2) is 0 Å². The standard InChI is InChI=1S/C21H22O/c1-13-5-8-19(14(2)11-13)21-10-7-18-12-17(16(4)22)6-9-20(18)15(21)3/h5-6,8-9,11-12,21-22H,3-4,7,10H2,1-2H3. The summed E-state index contributed by atoms with van der Waals surface area (Å²) in [5, 5.41) is 9.57. The van der Waals surface area contributed by atoms with Gasteiger partial charge in [0, 0.05) is 11.5 Å². The normalized spacial score (nSPS) is 17.2. The molecule has 1 aliphatic carbocycles. The molecular weight excluding hydrogens is 268 g/mol. The Labute approximate surface area is 132 Å². The average Bonchev–Trinajstić information content (AvgIpc) is 2.48. The highest BCUT2D eigenvalue weighted by Gasteiger charge is 2.25. The van der Waals surface area contributed by atoms with Crippen molar-refractivity contribution < 1.29 is 5.11 Å². The minimum atomic E-state index is 0.130. The molecule has 2 aromatic carbocycles. The van der Waals surface area contributed by atoms with Crippen molar-refractivity contribution in [2.24, 2.45) is 0 Å². The Balaban J connectivity index is 1.99. The first-order valence-electron chi connectivity index (χ1n) is 7.75. The van der Waals surface area contributed by atoms with Gasteiger partial charge in [0.05, 0.1) is 0 Å². The van der Waals surface area contributed by atoms with E-state index in [1.54, 1.807) is 0 Å². The molecule has 22 heavy (non-hydrogen) atoms. The minimum absolute atomic E-state index is 0.130. The van der Waals surface area contributed by atoms with E-state index in [1.165, 1.54) is 33.4 Å². The monoisotopic (exact) mass is 290 g/mol. The number of fused-ring (bicyclic) bond motifs is 1. The molecule has 1 N–H and O–H groups in total. The van der Waals surface area contributed by atoms with Crippen molar-refractivity contribution >= 4 is 11.3 Å². The summed E-state index contributed by atoms with van der Waals surface area (Å²) in [7, 11) is 0. The van der Waals surface area contributed by atoms with Gasteiger partial charge in [-0.25, -0.2) is 0 Å². The molecule has 0 amide bonds. The number of aryl methyl sites for hydroxylation is 3. The first-order valence-corrected chi connectivity index (χ1v) is 7.75. The highest BCUT2D eigenvalue weighted by Crippen LogP contribution is 2.42. The van der Waals surface area contributed by atoms with Gasteiger partial charge < -0.3 is 5.11 Å². The molecule has 1 aliphatic rings. The largest absolute Gasteiger partial charge is 0.508 e. The molecule has 1 heteroatoms. The van der Waals surface area contributed by atoms with Crippen LogP contribution in [0.4, 0.5) is 0 Å². The summed E-state index contributed by atoms with van der Waals surface area (Å²) in [4.78, 5) is 0. The van der Waals surface area contributed by atoms with E-state index in [0.717, 1.165) is 18.4 Å². The van der Waals surface area contributed by atoms with E-state index in [0.29, 0.717) is 5.92 Å². The van der Waals surface area contributed by atoms with Gasteiger partial charge in [-0.3, -0.25) is 0 Å². The van der Waals surface area contributed by atoms with E-state index >= 15 is 0 Å². The van der Waals surface area contributed by atoms with Crippen LogP contribution < -0.4 is 0 Å². The van der Waals surface area contributed by atoms with Gasteiger partial charge in [-0.05, 0) is 60.6 Å². The van der Waals surface area contributed by atoms with Crippen LogP contribution in [0.15, 0.2) is 49.6 Å². The summed E-state index contributed by atoms with van der Waals surface area (Å²) in [6, 6.07) is 12.7. The van der Waals surface area contributed by atoms with Gasteiger partial charge in [-0.15, -0.1) is 0 Å². The number of aliphatic hydroxyl groups excluding tert-OH is 1. The van der Waals surface area contributed by atoms with Gasteiger partial charge in [0.25, 0.3) is 0 Å². The molecular formula is C21H22O. The molecule has 2 aromatic rings. The zero-order valence-corrected chi connectivity index (χ0v) is 13.3. The maximum atomic E-state index is 9.57. The van der Waals surface area contributed by atoms with E-state index < -0.39 is 0 Å². The van der Waals surface area contributed by atoms with Gasteiger partial charge in [-0.1, -0.05) is 49.1 Å². The van der Waals surface area contributed by atoms with Crippen molar-refractivity contribution in [2.75, 3.05) is 0 Å². The molecule has 0 radical (unpaired) electrons. The van der Waals surface area contributed by atoms with Crippen LogP contribution in [-0.2, 0) is 6.42 Å². The third-order valence-corrected chi connectivity index (χ3v) is 4.71. The highest BCUT2D eigenvalue weighted by atomic mass is 16.3. The van der Waals surface area contributed by atoms with E-state index in [4.69, 9.17) is 0 Å². The molecule has 0 bridgehead atoms. The fraction of sp³-hybridized carbons (Fsp3) is 0.238. The number of rotatable bonds is 2. The quantitative estimate of drug-likeness (QED) is 0.716. The lowest BCUT2D eigenvalue weighted by molar-refractivity contribution is 0.513. The molecule has 0 spiro atoms. The lowest BCUT2D eigenvalue weighted by Gasteiger charge is -2.29. The third-order valence-electron chi connectivity index (χ3n) is 4.71. The van der Waals surface area contributed by atoms with Crippen LogP contribution in [-0.4, -0.2) is 5.11 Å². The smallest absolute Gasteiger partial charge is 0.115 e. The zero-order valence-electron chi connectivity index (χ0n) is 13.3. The zero-order chi connectivity index (χ0) is 15.9. The molecule has 0 heterocycles. The molecule has 0 fully saturated rings. The SMILES string of the molecule is C=C(O)c1ccc2c(c1)CCC(c1ccc(C)cc1C)C2=C. The molecule has 0 saturated heterocycles. The van der Waals surface area contributed by atoms with Crippen LogP contribution in [0.2, 0.25) is 0 Å². The van der Waals surface area contributed by atoms with Crippen LogP contribution in [0.1, 0.15) is 45.7 Å². The number of hydrogen-bond donors (Lipinski definition) is 1. The Hall–Kier alpha value is -2.28. The second-order valence-corrected chi connectivity index (χ2v) is 6.30.